The van der Waals surface area contributed by atoms with Crippen molar-refractivity contribution in [2.75, 3.05) is 17.2 Å². The van der Waals surface area contributed by atoms with Gasteiger partial charge in [-0.05, 0) is 68.0 Å². The summed E-state index contributed by atoms with van der Waals surface area (Å²) in [6.45, 7) is 2.17. The summed E-state index contributed by atoms with van der Waals surface area (Å²) in [4.78, 5) is 25.5. The number of benzene rings is 2. The molecule has 2 aliphatic carbocycles. The summed E-state index contributed by atoms with van der Waals surface area (Å²) in [5.41, 5.74) is 4.25. The van der Waals surface area contributed by atoms with Gasteiger partial charge in [0.15, 0.2) is 0 Å². The maximum Gasteiger partial charge on any atom is 0.324 e. The number of urea groups is 1. The highest BCUT2D eigenvalue weighted by Crippen LogP contribution is 2.38. The summed E-state index contributed by atoms with van der Waals surface area (Å²) in [7, 11) is 0. The number of hydrogen-bond acceptors (Lipinski definition) is 4. The Hall–Kier alpha value is -3.03. The zero-order valence-electron chi connectivity index (χ0n) is 20.0. The molecule has 1 aromatic heterocycles. The standard InChI is InChI=1S/C27H28Cl2N4O3/c1-2-36-26(34)19-13-11-16-10-12-18(14-20(16)19)33-24(15-23(32-33)17-6-3-4-7-17)31-27(35)30-22-9-5-8-21(28)25(22)29/h5,8-10,12,14-15,17,19H,2-4,6-7,11,13H2,1H3,(H2,30,31,35). The maximum atomic E-state index is 12.9. The van der Waals surface area contributed by atoms with Gasteiger partial charge in [-0.3, -0.25) is 10.1 Å². The van der Waals surface area contributed by atoms with Crippen LogP contribution in [-0.4, -0.2) is 28.4 Å². The molecule has 0 aliphatic heterocycles. The number of amides is 2. The Kier molecular flexibility index (Phi) is 7.21. The Balaban J connectivity index is 1.46. The van der Waals surface area contributed by atoms with Gasteiger partial charge in [0.2, 0.25) is 0 Å². The molecule has 2 aliphatic rings. The van der Waals surface area contributed by atoms with Gasteiger partial charge in [0.05, 0.1) is 39.6 Å². The quantitative estimate of drug-likeness (QED) is 0.336. The first-order valence-electron chi connectivity index (χ1n) is 12.4. The van der Waals surface area contributed by atoms with E-state index in [1.54, 1.807) is 22.9 Å². The Morgan fingerprint density at radius 2 is 1.89 bits per heavy atom. The molecule has 1 fully saturated rings. The largest absolute Gasteiger partial charge is 0.466 e. The van der Waals surface area contributed by atoms with Crippen LogP contribution >= 0.6 is 23.2 Å². The van der Waals surface area contributed by atoms with Gasteiger partial charge in [0.25, 0.3) is 0 Å². The lowest BCUT2D eigenvalue weighted by Gasteiger charge is -2.14. The first-order chi connectivity index (χ1) is 17.4. The number of nitrogens with zero attached hydrogens (tertiary/aromatic N) is 2. The second-order valence-electron chi connectivity index (χ2n) is 9.25. The lowest BCUT2D eigenvalue weighted by atomic mass is 10.0. The van der Waals surface area contributed by atoms with Gasteiger partial charge in [0, 0.05) is 12.0 Å². The topological polar surface area (TPSA) is 85.2 Å². The van der Waals surface area contributed by atoms with Gasteiger partial charge in [-0.1, -0.05) is 48.2 Å². The molecule has 2 aromatic carbocycles. The van der Waals surface area contributed by atoms with Crippen molar-refractivity contribution in [3.63, 3.8) is 0 Å². The monoisotopic (exact) mass is 526 g/mol. The van der Waals surface area contributed by atoms with Crippen LogP contribution in [-0.2, 0) is 16.0 Å². The zero-order valence-corrected chi connectivity index (χ0v) is 21.5. The highest BCUT2D eigenvalue weighted by molar-refractivity contribution is 6.44. The summed E-state index contributed by atoms with van der Waals surface area (Å²) in [6.07, 6.45) is 6.07. The number of hydrogen-bond donors (Lipinski definition) is 2. The van der Waals surface area contributed by atoms with Crippen LogP contribution in [0.2, 0.25) is 10.0 Å². The molecule has 9 heteroatoms. The summed E-state index contributed by atoms with van der Waals surface area (Å²) >= 11 is 12.3. The molecule has 0 saturated heterocycles. The van der Waals surface area contributed by atoms with E-state index in [-0.39, 0.29) is 16.9 Å². The maximum absolute atomic E-state index is 12.9. The number of fused-ring (bicyclic) bond motifs is 1. The van der Waals surface area contributed by atoms with Gasteiger partial charge in [0.1, 0.15) is 5.82 Å². The highest BCUT2D eigenvalue weighted by atomic mass is 35.5. The van der Waals surface area contributed by atoms with Crippen LogP contribution in [0.1, 0.15) is 67.7 Å². The van der Waals surface area contributed by atoms with E-state index in [4.69, 9.17) is 33.0 Å². The van der Waals surface area contributed by atoms with E-state index in [2.05, 4.69) is 10.6 Å². The van der Waals surface area contributed by atoms with Crippen molar-refractivity contribution in [3.8, 4) is 5.69 Å². The molecule has 0 spiro atoms. The minimum atomic E-state index is -0.455. The first kappa shape index (κ1) is 24.7. The second kappa shape index (κ2) is 10.5. The Bertz CT molecular complexity index is 1300. The van der Waals surface area contributed by atoms with Gasteiger partial charge < -0.3 is 10.1 Å². The summed E-state index contributed by atoms with van der Waals surface area (Å²) in [5, 5.41) is 11.2. The Labute approximate surface area is 220 Å². The number of aromatic nitrogens is 2. The van der Waals surface area contributed by atoms with E-state index in [0.717, 1.165) is 48.2 Å². The van der Waals surface area contributed by atoms with Crippen LogP contribution in [0.5, 0.6) is 0 Å². The number of aryl methyl sites for hydroxylation is 1. The van der Waals surface area contributed by atoms with Crippen molar-refractivity contribution in [2.45, 2.75) is 57.3 Å². The molecule has 0 radical (unpaired) electrons. The third kappa shape index (κ3) is 4.95. The summed E-state index contributed by atoms with van der Waals surface area (Å²) < 4.78 is 7.05. The van der Waals surface area contributed by atoms with Crippen LogP contribution in [0.3, 0.4) is 0 Å². The first-order valence-corrected chi connectivity index (χ1v) is 13.1. The fraction of sp³-hybridized carbons (Fsp3) is 0.370. The number of carbonyl (C=O) groups is 2. The molecule has 188 valence electrons. The Morgan fingerprint density at radius 3 is 2.67 bits per heavy atom. The highest BCUT2D eigenvalue weighted by Gasteiger charge is 2.31. The number of rotatable bonds is 6. The molecule has 2 N–H and O–H groups in total. The van der Waals surface area contributed by atoms with Crippen LogP contribution < -0.4 is 10.6 Å². The second-order valence-corrected chi connectivity index (χ2v) is 10.0. The number of anilines is 2. The van der Waals surface area contributed by atoms with Crippen LogP contribution in [0, 0.1) is 0 Å². The van der Waals surface area contributed by atoms with E-state index in [0.29, 0.717) is 29.1 Å². The van der Waals surface area contributed by atoms with Crippen LogP contribution in [0.15, 0.2) is 42.5 Å². The van der Waals surface area contributed by atoms with Gasteiger partial charge in [-0.25, -0.2) is 9.48 Å². The van der Waals surface area contributed by atoms with Gasteiger partial charge in [-0.2, -0.15) is 5.10 Å². The predicted octanol–water partition coefficient (Wildman–Crippen LogP) is 7.07. The molecule has 1 heterocycles. The normalized spacial score (nSPS) is 17.1. The molecule has 2 amide bonds. The number of esters is 1. The lowest BCUT2D eigenvalue weighted by molar-refractivity contribution is -0.144. The smallest absolute Gasteiger partial charge is 0.324 e. The fourth-order valence-corrected chi connectivity index (χ4v) is 5.53. The third-order valence-electron chi connectivity index (χ3n) is 6.97. The molecular formula is C27H28Cl2N4O3. The van der Waals surface area contributed by atoms with E-state index in [9.17, 15) is 9.59 Å². The predicted molar refractivity (Wildman–Crippen MR) is 142 cm³/mol. The molecule has 0 bridgehead atoms. The third-order valence-corrected chi connectivity index (χ3v) is 7.78. The number of halogens is 2. The zero-order chi connectivity index (χ0) is 25.2. The average Bonchev–Trinajstić information content (AvgIpc) is 3.61. The van der Waals surface area contributed by atoms with E-state index < -0.39 is 6.03 Å². The average molecular weight is 527 g/mol. The van der Waals surface area contributed by atoms with Gasteiger partial charge >= 0.3 is 12.0 Å². The van der Waals surface area contributed by atoms with Crippen molar-refractivity contribution in [2.24, 2.45) is 0 Å². The van der Waals surface area contributed by atoms with E-state index >= 15 is 0 Å². The summed E-state index contributed by atoms with van der Waals surface area (Å²) in [5.74, 6) is 0.420. The van der Waals surface area contributed by atoms with Gasteiger partial charge in [-0.15, -0.1) is 0 Å². The molecule has 1 atom stereocenters. The minimum Gasteiger partial charge on any atom is -0.466 e. The van der Waals surface area contributed by atoms with E-state index in [1.807, 2.05) is 31.2 Å². The molecule has 3 aromatic rings. The SMILES string of the molecule is CCOC(=O)C1CCc2ccc(-n3nc(C4CCCC4)cc3NC(=O)Nc3cccc(Cl)c3Cl)cc21. The number of nitrogens with one attached hydrogen (secondary N) is 2. The van der Waals surface area contributed by atoms with Crippen LogP contribution in [0.4, 0.5) is 16.3 Å². The fourth-order valence-electron chi connectivity index (χ4n) is 5.19. The molecule has 1 unspecified atom stereocenters. The molecular weight excluding hydrogens is 499 g/mol. The van der Waals surface area contributed by atoms with Crippen molar-refractivity contribution in [1.29, 1.82) is 0 Å². The number of carbonyl (C=O) groups excluding carboxylic acids is 2. The van der Waals surface area contributed by atoms with Crippen LogP contribution in [0.25, 0.3) is 5.69 Å². The molecule has 5 rings (SSSR count). The molecule has 7 nitrogen and oxygen atoms in total. The summed E-state index contributed by atoms with van der Waals surface area (Å²) in [6, 6.07) is 12.6. The van der Waals surface area contributed by atoms with Crippen molar-refractivity contribution >= 4 is 46.7 Å². The Morgan fingerprint density at radius 1 is 1.08 bits per heavy atom. The van der Waals surface area contributed by atoms with Crippen molar-refractivity contribution in [3.05, 3.63) is 69.3 Å². The van der Waals surface area contributed by atoms with E-state index in [1.165, 1.54) is 12.8 Å². The number of ether oxygens (including phenoxy) is 1. The van der Waals surface area contributed by atoms with Crippen molar-refractivity contribution in [1.82, 2.24) is 9.78 Å². The lowest BCUT2D eigenvalue weighted by Crippen LogP contribution is -2.21. The molecule has 1 saturated carbocycles. The van der Waals surface area contributed by atoms with Crippen molar-refractivity contribution < 1.29 is 14.3 Å². The minimum absolute atomic E-state index is 0.198. The molecule has 36 heavy (non-hydrogen) atoms.